The van der Waals surface area contributed by atoms with E-state index in [2.05, 4.69) is 5.10 Å². The molecule has 2 heterocycles. The summed E-state index contributed by atoms with van der Waals surface area (Å²) in [5, 5.41) is 5.64. The molecule has 1 aliphatic heterocycles. The van der Waals surface area contributed by atoms with Crippen LogP contribution in [-0.4, -0.2) is 40.3 Å². The highest BCUT2D eigenvalue weighted by Crippen LogP contribution is 2.14. The summed E-state index contributed by atoms with van der Waals surface area (Å²) in [5.41, 5.74) is 2.87. The lowest BCUT2D eigenvalue weighted by atomic mass is 10.1. The van der Waals surface area contributed by atoms with Crippen LogP contribution in [0.5, 0.6) is 0 Å². The first-order chi connectivity index (χ1) is 14.1. The Hall–Kier alpha value is -3.68. The quantitative estimate of drug-likeness (QED) is 0.598. The summed E-state index contributed by atoms with van der Waals surface area (Å²) in [7, 11) is 0. The van der Waals surface area contributed by atoms with Crippen LogP contribution >= 0.6 is 0 Å². The molecule has 0 N–H and O–H groups in total. The van der Waals surface area contributed by atoms with E-state index in [1.54, 1.807) is 24.3 Å². The zero-order valence-electron chi connectivity index (χ0n) is 15.6. The molecule has 0 atom stereocenters. The van der Waals surface area contributed by atoms with Crippen molar-refractivity contribution >= 4 is 28.7 Å². The Balaban J connectivity index is 1.30. The minimum absolute atomic E-state index is 0.0464. The SMILES string of the molecule is O=C(CCn1c(=O)oc2ccccc21)OCC(=O)N1CCC(c2ccccc2)=N1. The third-order valence-corrected chi connectivity index (χ3v) is 4.67. The highest BCUT2D eigenvalue weighted by atomic mass is 16.5. The second-order valence-corrected chi connectivity index (χ2v) is 6.58. The molecule has 8 nitrogen and oxygen atoms in total. The second kappa shape index (κ2) is 8.14. The summed E-state index contributed by atoms with van der Waals surface area (Å²) in [6, 6.07) is 16.6. The zero-order chi connectivity index (χ0) is 20.2. The first kappa shape index (κ1) is 18.7. The number of aryl methyl sites for hydroxylation is 1. The van der Waals surface area contributed by atoms with Gasteiger partial charge in [-0.1, -0.05) is 42.5 Å². The van der Waals surface area contributed by atoms with Crippen LogP contribution in [0.2, 0.25) is 0 Å². The summed E-state index contributed by atoms with van der Waals surface area (Å²) >= 11 is 0. The molecule has 2 aromatic carbocycles. The zero-order valence-corrected chi connectivity index (χ0v) is 15.6. The van der Waals surface area contributed by atoms with Gasteiger partial charge in [-0.3, -0.25) is 14.2 Å². The number of hydrazone groups is 1. The van der Waals surface area contributed by atoms with Crippen LogP contribution in [0.25, 0.3) is 11.1 Å². The van der Waals surface area contributed by atoms with Crippen LogP contribution in [0, 0.1) is 0 Å². The van der Waals surface area contributed by atoms with Crippen LogP contribution in [-0.2, 0) is 20.9 Å². The van der Waals surface area contributed by atoms with E-state index in [1.165, 1.54) is 9.58 Å². The predicted octanol–water partition coefficient (Wildman–Crippen LogP) is 2.16. The average Bonchev–Trinajstić information content (AvgIpc) is 3.35. The smallest absolute Gasteiger partial charge is 0.419 e. The van der Waals surface area contributed by atoms with Crippen molar-refractivity contribution in [2.75, 3.05) is 13.2 Å². The summed E-state index contributed by atoms with van der Waals surface area (Å²) in [5.74, 6) is -1.48. The van der Waals surface area contributed by atoms with Gasteiger partial charge in [-0.15, -0.1) is 0 Å². The van der Waals surface area contributed by atoms with Gasteiger partial charge in [0, 0.05) is 13.0 Å². The van der Waals surface area contributed by atoms with Crippen LogP contribution < -0.4 is 5.76 Å². The molecule has 29 heavy (non-hydrogen) atoms. The van der Waals surface area contributed by atoms with Crippen molar-refractivity contribution in [1.82, 2.24) is 9.58 Å². The number of rotatable bonds is 6. The van der Waals surface area contributed by atoms with Gasteiger partial charge in [0.15, 0.2) is 12.2 Å². The molecule has 0 aliphatic carbocycles. The van der Waals surface area contributed by atoms with Crippen molar-refractivity contribution in [2.45, 2.75) is 19.4 Å². The first-order valence-corrected chi connectivity index (χ1v) is 9.29. The monoisotopic (exact) mass is 393 g/mol. The fourth-order valence-electron chi connectivity index (χ4n) is 3.19. The van der Waals surface area contributed by atoms with Crippen molar-refractivity contribution in [3.05, 3.63) is 70.7 Å². The molecule has 148 valence electrons. The van der Waals surface area contributed by atoms with Gasteiger partial charge in [0.1, 0.15) is 0 Å². The van der Waals surface area contributed by atoms with E-state index in [9.17, 15) is 14.4 Å². The number of esters is 1. The first-order valence-electron chi connectivity index (χ1n) is 9.29. The summed E-state index contributed by atoms with van der Waals surface area (Å²) in [4.78, 5) is 36.2. The van der Waals surface area contributed by atoms with E-state index >= 15 is 0 Å². The standard InChI is InChI=1S/C21H19N3O5/c25-19(24-13-10-16(22-24)15-6-2-1-3-7-15)14-28-20(26)11-12-23-17-8-4-5-9-18(17)29-21(23)27/h1-9H,10-14H2. The molecular formula is C21H19N3O5. The van der Waals surface area contributed by atoms with E-state index < -0.39 is 11.7 Å². The molecule has 0 saturated carbocycles. The Morgan fingerprint density at radius 3 is 2.66 bits per heavy atom. The fourth-order valence-corrected chi connectivity index (χ4v) is 3.19. The molecule has 0 saturated heterocycles. The minimum Gasteiger partial charge on any atom is -0.455 e. The molecule has 1 aliphatic rings. The Bertz CT molecular complexity index is 1130. The number of benzene rings is 2. The summed E-state index contributed by atoms with van der Waals surface area (Å²) < 4.78 is 11.6. The number of para-hydroxylation sites is 2. The molecule has 0 bridgehead atoms. The lowest BCUT2D eigenvalue weighted by molar-refractivity contribution is -0.152. The molecule has 1 aromatic heterocycles. The van der Waals surface area contributed by atoms with E-state index in [0.29, 0.717) is 24.1 Å². The fraction of sp³-hybridized carbons (Fsp3) is 0.238. The van der Waals surface area contributed by atoms with Crippen LogP contribution in [0.1, 0.15) is 18.4 Å². The third-order valence-electron chi connectivity index (χ3n) is 4.67. The number of carbonyl (C=O) groups is 2. The van der Waals surface area contributed by atoms with Crippen molar-refractivity contribution in [3.8, 4) is 0 Å². The number of oxazole rings is 1. The minimum atomic E-state index is -0.568. The molecule has 0 fully saturated rings. The van der Waals surface area contributed by atoms with Crippen LogP contribution in [0.15, 0.2) is 68.9 Å². The Morgan fingerprint density at radius 1 is 1.07 bits per heavy atom. The second-order valence-electron chi connectivity index (χ2n) is 6.58. The lowest BCUT2D eigenvalue weighted by Gasteiger charge is -2.11. The number of nitrogens with zero attached hydrogens (tertiary/aromatic N) is 3. The number of carbonyl (C=O) groups excluding carboxylic acids is 2. The number of amides is 1. The van der Waals surface area contributed by atoms with Gasteiger partial charge in [-0.25, -0.2) is 9.80 Å². The summed E-state index contributed by atoms with van der Waals surface area (Å²) in [6.45, 7) is 0.186. The maximum atomic E-state index is 12.3. The van der Waals surface area contributed by atoms with Crippen LogP contribution in [0.4, 0.5) is 0 Å². The van der Waals surface area contributed by atoms with Gasteiger partial charge in [0.2, 0.25) is 0 Å². The maximum Gasteiger partial charge on any atom is 0.419 e. The topological polar surface area (TPSA) is 94.1 Å². The van der Waals surface area contributed by atoms with Crippen molar-refractivity contribution in [1.29, 1.82) is 0 Å². The molecule has 0 spiro atoms. The van der Waals surface area contributed by atoms with Gasteiger partial charge in [-0.05, 0) is 17.7 Å². The molecule has 0 unspecified atom stereocenters. The number of ether oxygens (including phenoxy) is 1. The molecular weight excluding hydrogens is 374 g/mol. The lowest BCUT2D eigenvalue weighted by Crippen LogP contribution is -2.29. The predicted molar refractivity (Wildman–Crippen MR) is 105 cm³/mol. The Kier molecular flexibility index (Phi) is 5.24. The van der Waals surface area contributed by atoms with Gasteiger partial charge >= 0.3 is 11.7 Å². The van der Waals surface area contributed by atoms with E-state index in [0.717, 1.165) is 11.3 Å². The molecule has 8 heteroatoms. The average molecular weight is 393 g/mol. The highest BCUT2D eigenvalue weighted by molar-refractivity contribution is 6.02. The number of aromatic nitrogens is 1. The molecule has 3 aromatic rings. The van der Waals surface area contributed by atoms with Gasteiger partial charge in [0.05, 0.1) is 24.2 Å². The van der Waals surface area contributed by atoms with Gasteiger partial charge < -0.3 is 9.15 Å². The Labute approximate surface area is 166 Å². The largest absolute Gasteiger partial charge is 0.455 e. The maximum absolute atomic E-state index is 12.3. The van der Waals surface area contributed by atoms with Crippen LogP contribution in [0.3, 0.4) is 0 Å². The third kappa shape index (κ3) is 4.11. The molecule has 1 amide bonds. The normalized spacial score (nSPS) is 13.5. The number of hydrogen-bond acceptors (Lipinski definition) is 6. The van der Waals surface area contributed by atoms with E-state index in [-0.39, 0.29) is 25.5 Å². The molecule has 0 radical (unpaired) electrons. The van der Waals surface area contributed by atoms with E-state index in [1.807, 2.05) is 30.3 Å². The molecule has 4 rings (SSSR count). The van der Waals surface area contributed by atoms with Crippen molar-refractivity contribution in [2.24, 2.45) is 5.10 Å². The summed E-state index contributed by atoms with van der Waals surface area (Å²) in [6.07, 6.45) is 0.607. The van der Waals surface area contributed by atoms with Crippen molar-refractivity contribution in [3.63, 3.8) is 0 Å². The van der Waals surface area contributed by atoms with Gasteiger partial charge in [0.25, 0.3) is 5.91 Å². The highest BCUT2D eigenvalue weighted by Gasteiger charge is 2.22. The number of hydrogen-bond donors (Lipinski definition) is 0. The number of fused-ring (bicyclic) bond motifs is 1. The van der Waals surface area contributed by atoms with Gasteiger partial charge in [-0.2, -0.15) is 5.10 Å². The Morgan fingerprint density at radius 2 is 1.83 bits per heavy atom. The van der Waals surface area contributed by atoms with Crippen molar-refractivity contribution < 1.29 is 18.7 Å². The van der Waals surface area contributed by atoms with E-state index in [4.69, 9.17) is 9.15 Å².